The van der Waals surface area contributed by atoms with Crippen molar-refractivity contribution in [3.63, 3.8) is 0 Å². The van der Waals surface area contributed by atoms with E-state index in [1.807, 2.05) is 25.1 Å². The average molecular weight is 439 g/mol. The molecule has 0 N–H and O–H groups in total. The van der Waals surface area contributed by atoms with Gasteiger partial charge in [0, 0.05) is 17.2 Å². The van der Waals surface area contributed by atoms with Crippen LogP contribution in [0, 0.1) is 6.92 Å². The van der Waals surface area contributed by atoms with Crippen LogP contribution in [-0.4, -0.2) is 41.0 Å². The molecule has 166 valence electrons. The molecule has 1 aliphatic heterocycles. The molecule has 0 bridgehead atoms. The standard InChI is InChI=1S/C25H26N8/c1-3-21-24-31-28-15-32(24)22-16(2)29-23(30-25(22)33(21)18-11-7-8-12-18)20-14-27-26-13-19(20)17-9-5-4-6-10-17/h4-6,9-10,13-15,18,21H,3,7-8,11-12H2,1-2H3/t21-/m1/s1. The highest BCUT2D eigenvalue weighted by Crippen LogP contribution is 2.44. The summed E-state index contributed by atoms with van der Waals surface area (Å²) in [5.74, 6) is 2.63. The molecule has 0 amide bonds. The van der Waals surface area contributed by atoms with Gasteiger partial charge in [-0.25, -0.2) is 9.97 Å². The molecule has 1 saturated carbocycles. The highest BCUT2D eigenvalue weighted by Gasteiger charge is 2.39. The van der Waals surface area contributed by atoms with Crippen molar-refractivity contribution in [3.8, 4) is 28.2 Å². The zero-order chi connectivity index (χ0) is 22.4. The van der Waals surface area contributed by atoms with E-state index in [4.69, 9.17) is 9.97 Å². The van der Waals surface area contributed by atoms with Gasteiger partial charge >= 0.3 is 0 Å². The minimum Gasteiger partial charge on any atom is -0.341 e. The lowest BCUT2D eigenvalue weighted by Gasteiger charge is -2.41. The van der Waals surface area contributed by atoms with Gasteiger partial charge in [0.05, 0.1) is 24.1 Å². The van der Waals surface area contributed by atoms with E-state index in [0.29, 0.717) is 11.9 Å². The number of rotatable bonds is 4. The molecule has 33 heavy (non-hydrogen) atoms. The zero-order valence-electron chi connectivity index (χ0n) is 18.9. The fourth-order valence-electron chi connectivity index (χ4n) is 5.39. The minimum absolute atomic E-state index is 0.148. The van der Waals surface area contributed by atoms with E-state index >= 15 is 0 Å². The molecule has 1 atom stereocenters. The molecular weight excluding hydrogens is 412 g/mol. The first-order valence-corrected chi connectivity index (χ1v) is 11.7. The Bertz CT molecular complexity index is 1290. The highest BCUT2D eigenvalue weighted by molar-refractivity contribution is 5.80. The van der Waals surface area contributed by atoms with E-state index in [0.717, 1.165) is 46.1 Å². The highest BCUT2D eigenvalue weighted by atomic mass is 15.4. The van der Waals surface area contributed by atoms with Gasteiger partial charge in [-0.2, -0.15) is 10.2 Å². The first-order valence-electron chi connectivity index (χ1n) is 11.7. The Hall–Kier alpha value is -3.68. The van der Waals surface area contributed by atoms with Crippen molar-refractivity contribution in [3.05, 3.63) is 60.6 Å². The fourth-order valence-corrected chi connectivity index (χ4v) is 5.39. The van der Waals surface area contributed by atoms with E-state index in [1.165, 1.54) is 25.7 Å². The molecule has 8 nitrogen and oxygen atoms in total. The number of anilines is 1. The SMILES string of the molecule is CC[C@@H]1c2nncn2-c2c(C)nc(-c3cnncc3-c3ccccc3)nc2N1C1CCCC1. The summed E-state index contributed by atoms with van der Waals surface area (Å²) in [7, 11) is 0. The molecule has 1 aromatic carbocycles. The summed E-state index contributed by atoms with van der Waals surface area (Å²) < 4.78 is 2.08. The molecule has 1 aliphatic carbocycles. The predicted octanol–water partition coefficient (Wildman–Crippen LogP) is 4.70. The van der Waals surface area contributed by atoms with Crippen LogP contribution in [0.3, 0.4) is 0 Å². The van der Waals surface area contributed by atoms with Gasteiger partial charge < -0.3 is 4.90 Å². The second-order valence-corrected chi connectivity index (χ2v) is 8.82. The predicted molar refractivity (Wildman–Crippen MR) is 126 cm³/mol. The summed E-state index contributed by atoms with van der Waals surface area (Å²) in [6.07, 6.45) is 11.2. The molecule has 4 aromatic rings. The summed E-state index contributed by atoms with van der Waals surface area (Å²) in [5.41, 5.74) is 4.82. The number of hydrogen-bond donors (Lipinski definition) is 0. The topological polar surface area (TPSA) is 85.5 Å². The van der Waals surface area contributed by atoms with Gasteiger partial charge in [0.15, 0.2) is 17.5 Å². The monoisotopic (exact) mass is 438 g/mol. The van der Waals surface area contributed by atoms with Crippen LogP contribution < -0.4 is 4.90 Å². The van der Waals surface area contributed by atoms with Crippen molar-refractivity contribution in [2.24, 2.45) is 0 Å². The van der Waals surface area contributed by atoms with Gasteiger partial charge in [-0.15, -0.1) is 10.2 Å². The molecule has 0 radical (unpaired) electrons. The summed E-state index contributed by atoms with van der Waals surface area (Å²) in [6, 6.07) is 10.8. The van der Waals surface area contributed by atoms with Crippen molar-refractivity contribution in [2.45, 2.75) is 58.0 Å². The Morgan fingerprint density at radius 3 is 2.45 bits per heavy atom. The fraction of sp³-hybridized carbons (Fsp3) is 0.360. The van der Waals surface area contributed by atoms with Gasteiger partial charge in [0.2, 0.25) is 0 Å². The van der Waals surface area contributed by atoms with E-state index in [9.17, 15) is 0 Å². The third-order valence-corrected chi connectivity index (χ3v) is 6.89. The molecule has 6 rings (SSSR count). The van der Waals surface area contributed by atoms with Crippen molar-refractivity contribution >= 4 is 5.82 Å². The van der Waals surface area contributed by atoms with Crippen molar-refractivity contribution < 1.29 is 0 Å². The molecule has 3 aromatic heterocycles. The Morgan fingerprint density at radius 1 is 0.939 bits per heavy atom. The molecule has 1 fully saturated rings. The Kier molecular flexibility index (Phi) is 4.86. The van der Waals surface area contributed by atoms with Gasteiger partial charge in [-0.1, -0.05) is 50.1 Å². The van der Waals surface area contributed by atoms with Gasteiger partial charge in [-0.05, 0) is 31.7 Å². The van der Waals surface area contributed by atoms with Crippen LogP contribution in [-0.2, 0) is 0 Å². The van der Waals surface area contributed by atoms with Crippen LogP contribution in [0.5, 0.6) is 0 Å². The summed E-state index contributed by atoms with van der Waals surface area (Å²) >= 11 is 0. The number of fused-ring (bicyclic) bond motifs is 3. The lowest BCUT2D eigenvalue weighted by Crippen LogP contribution is -2.42. The Balaban J connectivity index is 1.57. The molecule has 4 heterocycles. The largest absolute Gasteiger partial charge is 0.341 e. The number of nitrogens with zero attached hydrogens (tertiary/aromatic N) is 8. The van der Waals surface area contributed by atoms with Crippen LogP contribution in [0.1, 0.15) is 56.6 Å². The quantitative estimate of drug-likeness (QED) is 0.456. The molecule has 2 aliphatic rings. The molecule has 8 heteroatoms. The normalized spacial score (nSPS) is 17.8. The van der Waals surface area contributed by atoms with Gasteiger partial charge in [0.25, 0.3) is 0 Å². The van der Waals surface area contributed by atoms with E-state index in [-0.39, 0.29) is 6.04 Å². The second kappa shape index (κ2) is 8.03. The van der Waals surface area contributed by atoms with Crippen LogP contribution in [0.2, 0.25) is 0 Å². The third-order valence-electron chi connectivity index (χ3n) is 6.89. The maximum Gasteiger partial charge on any atom is 0.164 e. The van der Waals surface area contributed by atoms with Crippen LogP contribution >= 0.6 is 0 Å². The van der Waals surface area contributed by atoms with Crippen LogP contribution in [0.25, 0.3) is 28.2 Å². The van der Waals surface area contributed by atoms with Crippen LogP contribution in [0.15, 0.2) is 49.1 Å². The van der Waals surface area contributed by atoms with Crippen molar-refractivity contribution in [2.75, 3.05) is 4.90 Å². The number of aromatic nitrogens is 7. The molecule has 0 spiro atoms. The molecular formula is C25H26N8. The maximum atomic E-state index is 5.20. The van der Waals surface area contributed by atoms with Crippen molar-refractivity contribution in [1.29, 1.82) is 0 Å². The summed E-state index contributed by atoms with van der Waals surface area (Å²) in [5, 5.41) is 17.1. The van der Waals surface area contributed by atoms with E-state index in [2.05, 4.69) is 48.9 Å². The first-order chi connectivity index (χ1) is 16.3. The maximum absolute atomic E-state index is 5.20. The summed E-state index contributed by atoms with van der Waals surface area (Å²) in [4.78, 5) is 12.7. The lowest BCUT2D eigenvalue weighted by molar-refractivity contribution is 0.468. The Morgan fingerprint density at radius 2 is 1.70 bits per heavy atom. The lowest BCUT2D eigenvalue weighted by atomic mass is 10.0. The molecule has 0 unspecified atom stereocenters. The number of benzene rings is 1. The first kappa shape index (κ1) is 20.0. The van der Waals surface area contributed by atoms with E-state index < -0.39 is 0 Å². The number of aryl methyl sites for hydroxylation is 1. The summed E-state index contributed by atoms with van der Waals surface area (Å²) in [6.45, 7) is 4.26. The van der Waals surface area contributed by atoms with Crippen molar-refractivity contribution in [1.82, 2.24) is 34.9 Å². The van der Waals surface area contributed by atoms with E-state index in [1.54, 1.807) is 18.7 Å². The average Bonchev–Trinajstić information content (AvgIpc) is 3.56. The van der Waals surface area contributed by atoms with Gasteiger partial charge in [0.1, 0.15) is 12.0 Å². The smallest absolute Gasteiger partial charge is 0.164 e. The van der Waals surface area contributed by atoms with Crippen LogP contribution in [0.4, 0.5) is 5.82 Å². The Labute approximate surface area is 192 Å². The zero-order valence-corrected chi connectivity index (χ0v) is 18.9. The molecule has 0 saturated heterocycles. The number of hydrogen-bond acceptors (Lipinski definition) is 7. The third kappa shape index (κ3) is 3.20. The second-order valence-electron chi connectivity index (χ2n) is 8.82. The van der Waals surface area contributed by atoms with Gasteiger partial charge in [-0.3, -0.25) is 4.57 Å². The minimum atomic E-state index is 0.148.